The lowest BCUT2D eigenvalue weighted by Crippen LogP contribution is -2.39. The largest absolute Gasteiger partial charge is 0.350 e. The number of amides is 3. The van der Waals surface area contributed by atoms with Crippen molar-refractivity contribution in [3.8, 4) is 0 Å². The van der Waals surface area contributed by atoms with Gasteiger partial charge in [-0.25, -0.2) is 4.79 Å². The van der Waals surface area contributed by atoms with Crippen molar-refractivity contribution in [2.45, 2.75) is 0 Å². The van der Waals surface area contributed by atoms with Gasteiger partial charge in [0.15, 0.2) is 0 Å². The summed E-state index contributed by atoms with van der Waals surface area (Å²) in [6.07, 6.45) is 0. The summed E-state index contributed by atoms with van der Waals surface area (Å²) < 4.78 is 0.789. The van der Waals surface area contributed by atoms with Crippen molar-refractivity contribution in [1.82, 2.24) is 15.5 Å². The van der Waals surface area contributed by atoms with E-state index in [-0.39, 0.29) is 11.9 Å². The standard InChI is InChI=1S/C10H14BrN3O2S/c1-14(2)10(16)13-5-4-12-9(15)8-7(11)3-6-17-8/h3,6H,4-5H2,1-2H3,(H,12,15)(H,13,16). The number of hydrogen-bond donors (Lipinski definition) is 2. The number of nitrogens with one attached hydrogen (secondary N) is 2. The summed E-state index contributed by atoms with van der Waals surface area (Å²) in [5.74, 6) is -0.133. The average Bonchev–Trinajstić information content (AvgIpc) is 2.70. The Labute approximate surface area is 112 Å². The SMILES string of the molecule is CN(C)C(=O)NCCNC(=O)c1sccc1Br. The Kier molecular flexibility index (Phi) is 5.43. The Balaban J connectivity index is 2.26. The van der Waals surface area contributed by atoms with E-state index in [1.165, 1.54) is 16.2 Å². The molecule has 1 heterocycles. The van der Waals surface area contributed by atoms with Gasteiger partial charge in [0.25, 0.3) is 5.91 Å². The van der Waals surface area contributed by atoms with Crippen LogP contribution in [0.2, 0.25) is 0 Å². The van der Waals surface area contributed by atoms with Crippen molar-refractivity contribution in [2.75, 3.05) is 27.2 Å². The van der Waals surface area contributed by atoms with E-state index in [1.807, 2.05) is 11.4 Å². The molecule has 1 rings (SSSR count). The van der Waals surface area contributed by atoms with Crippen LogP contribution in [-0.2, 0) is 0 Å². The molecule has 0 unspecified atom stereocenters. The molecule has 0 saturated carbocycles. The Bertz CT molecular complexity index is 406. The molecule has 7 heteroatoms. The van der Waals surface area contributed by atoms with E-state index >= 15 is 0 Å². The number of hydrogen-bond acceptors (Lipinski definition) is 3. The van der Waals surface area contributed by atoms with Gasteiger partial charge in [-0.15, -0.1) is 11.3 Å². The van der Waals surface area contributed by atoms with E-state index in [4.69, 9.17) is 0 Å². The van der Waals surface area contributed by atoms with Gasteiger partial charge in [0.1, 0.15) is 4.88 Å². The van der Waals surface area contributed by atoms with Gasteiger partial charge >= 0.3 is 6.03 Å². The van der Waals surface area contributed by atoms with Gasteiger partial charge in [0.05, 0.1) is 0 Å². The molecule has 0 aliphatic heterocycles. The van der Waals surface area contributed by atoms with E-state index < -0.39 is 0 Å². The Hall–Kier alpha value is -1.08. The maximum Gasteiger partial charge on any atom is 0.316 e. The molecular weight excluding hydrogens is 306 g/mol. The van der Waals surface area contributed by atoms with Crippen molar-refractivity contribution in [1.29, 1.82) is 0 Å². The zero-order valence-corrected chi connectivity index (χ0v) is 12.0. The summed E-state index contributed by atoms with van der Waals surface area (Å²) in [6.45, 7) is 0.814. The monoisotopic (exact) mass is 319 g/mol. The third kappa shape index (κ3) is 4.35. The summed E-state index contributed by atoms with van der Waals surface area (Å²) in [4.78, 5) is 24.9. The van der Waals surface area contributed by atoms with E-state index in [0.29, 0.717) is 18.0 Å². The van der Waals surface area contributed by atoms with Crippen LogP contribution in [0.15, 0.2) is 15.9 Å². The van der Waals surface area contributed by atoms with Crippen LogP contribution in [0.25, 0.3) is 0 Å². The smallest absolute Gasteiger partial charge is 0.316 e. The molecule has 5 nitrogen and oxygen atoms in total. The molecule has 0 aliphatic carbocycles. The topological polar surface area (TPSA) is 61.4 Å². The molecule has 94 valence electrons. The molecule has 0 radical (unpaired) electrons. The molecular formula is C10H14BrN3O2S. The summed E-state index contributed by atoms with van der Waals surface area (Å²) >= 11 is 4.66. The predicted molar refractivity (Wildman–Crippen MR) is 71.4 cm³/mol. The second-order valence-electron chi connectivity index (χ2n) is 3.48. The molecule has 17 heavy (non-hydrogen) atoms. The molecule has 1 aromatic rings. The minimum Gasteiger partial charge on any atom is -0.350 e. The molecule has 0 atom stereocenters. The highest BCUT2D eigenvalue weighted by molar-refractivity contribution is 9.10. The Morgan fingerprint density at radius 3 is 2.53 bits per heavy atom. The third-order valence-corrected chi connectivity index (χ3v) is 3.75. The van der Waals surface area contributed by atoms with Crippen molar-refractivity contribution in [2.24, 2.45) is 0 Å². The second kappa shape index (κ2) is 6.61. The fourth-order valence-corrected chi connectivity index (χ4v) is 2.51. The first-order valence-corrected chi connectivity index (χ1v) is 6.66. The molecule has 0 aromatic carbocycles. The van der Waals surface area contributed by atoms with Crippen LogP contribution < -0.4 is 10.6 Å². The van der Waals surface area contributed by atoms with Crippen LogP contribution in [0.4, 0.5) is 4.79 Å². The fourth-order valence-electron chi connectivity index (χ4n) is 1.04. The van der Waals surface area contributed by atoms with E-state index in [1.54, 1.807) is 14.1 Å². The number of halogens is 1. The number of urea groups is 1. The first kappa shape index (κ1) is 14.0. The van der Waals surface area contributed by atoms with Crippen LogP contribution in [-0.4, -0.2) is 44.0 Å². The lowest BCUT2D eigenvalue weighted by atomic mass is 10.4. The lowest BCUT2D eigenvalue weighted by molar-refractivity contribution is 0.0957. The molecule has 0 spiro atoms. The van der Waals surface area contributed by atoms with Gasteiger partial charge in [-0.05, 0) is 27.4 Å². The number of rotatable bonds is 4. The maximum absolute atomic E-state index is 11.7. The van der Waals surface area contributed by atoms with Gasteiger partial charge < -0.3 is 15.5 Å². The number of thiophene rings is 1. The molecule has 2 N–H and O–H groups in total. The predicted octanol–water partition coefficient (Wildman–Crippen LogP) is 1.51. The van der Waals surface area contributed by atoms with Gasteiger partial charge in [-0.2, -0.15) is 0 Å². The highest BCUT2D eigenvalue weighted by Gasteiger charge is 2.10. The fraction of sp³-hybridized carbons (Fsp3) is 0.400. The number of carbonyl (C=O) groups excluding carboxylic acids is 2. The second-order valence-corrected chi connectivity index (χ2v) is 5.25. The van der Waals surface area contributed by atoms with E-state index in [0.717, 1.165) is 4.47 Å². The summed E-state index contributed by atoms with van der Waals surface area (Å²) in [6, 6.07) is 1.66. The zero-order valence-electron chi connectivity index (χ0n) is 9.62. The first-order valence-electron chi connectivity index (χ1n) is 4.98. The van der Waals surface area contributed by atoms with Gasteiger partial charge in [-0.3, -0.25) is 4.79 Å². The normalized spacial score (nSPS) is 9.82. The molecule has 0 bridgehead atoms. The van der Waals surface area contributed by atoms with Gasteiger partial charge in [0.2, 0.25) is 0 Å². The summed E-state index contributed by atoms with van der Waals surface area (Å²) in [5.41, 5.74) is 0. The van der Waals surface area contributed by atoms with Crippen molar-refractivity contribution >= 4 is 39.2 Å². The molecule has 3 amide bonds. The minimum atomic E-state index is -0.170. The highest BCUT2D eigenvalue weighted by Crippen LogP contribution is 2.21. The van der Waals surface area contributed by atoms with Gasteiger partial charge in [-0.1, -0.05) is 0 Å². The van der Waals surface area contributed by atoms with Crippen LogP contribution in [0.1, 0.15) is 9.67 Å². The Morgan fingerprint density at radius 2 is 2.00 bits per heavy atom. The maximum atomic E-state index is 11.7. The van der Waals surface area contributed by atoms with E-state index in [2.05, 4.69) is 26.6 Å². The zero-order chi connectivity index (χ0) is 12.8. The quantitative estimate of drug-likeness (QED) is 0.826. The first-order chi connectivity index (χ1) is 8.02. The molecule has 1 aromatic heterocycles. The average molecular weight is 320 g/mol. The number of nitrogens with zero attached hydrogens (tertiary/aromatic N) is 1. The molecule has 0 fully saturated rings. The lowest BCUT2D eigenvalue weighted by Gasteiger charge is -2.12. The van der Waals surface area contributed by atoms with Crippen LogP contribution in [0.3, 0.4) is 0 Å². The summed E-state index contributed by atoms with van der Waals surface area (Å²) in [7, 11) is 3.33. The molecule has 0 aliphatic rings. The van der Waals surface area contributed by atoms with Crippen molar-refractivity contribution in [3.63, 3.8) is 0 Å². The van der Waals surface area contributed by atoms with Crippen molar-refractivity contribution in [3.05, 3.63) is 20.8 Å². The molecule has 0 saturated heterocycles. The minimum absolute atomic E-state index is 0.133. The van der Waals surface area contributed by atoms with E-state index in [9.17, 15) is 9.59 Å². The van der Waals surface area contributed by atoms with Crippen LogP contribution in [0, 0.1) is 0 Å². The Morgan fingerprint density at radius 1 is 1.35 bits per heavy atom. The van der Waals surface area contributed by atoms with Crippen LogP contribution in [0.5, 0.6) is 0 Å². The third-order valence-electron chi connectivity index (χ3n) is 1.92. The van der Waals surface area contributed by atoms with Crippen molar-refractivity contribution < 1.29 is 9.59 Å². The highest BCUT2D eigenvalue weighted by atomic mass is 79.9. The van der Waals surface area contributed by atoms with Gasteiger partial charge in [0, 0.05) is 31.7 Å². The van der Waals surface area contributed by atoms with Crippen LogP contribution >= 0.6 is 27.3 Å². The number of carbonyl (C=O) groups is 2. The summed E-state index contributed by atoms with van der Waals surface area (Å²) in [5, 5.41) is 7.23.